The van der Waals surface area contributed by atoms with Crippen LogP contribution in [0.2, 0.25) is 0 Å². The average Bonchev–Trinajstić information content (AvgIpc) is 3.74. The number of benzene rings is 1. The standard InChI is InChI=1S/C31H36N4O3/c1-5-18-35(19-16-23-13-14-23)31-26(6-2)29(27-11-8-17-32-22(27)4)33-30(34-31)24-9-7-10-25(20-24)38-28(37)15-12-21(3)36/h6-11,17,20,23H,2,5,12-16,18-19H2,1,3-4H3. The minimum atomic E-state index is -0.443. The predicted octanol–water partition coefficient (Wildman–Crippen LogP) is 6.45. The van der Waals surface area contributed by atoms with Gasteiger partial charge in [-0.15, -0.1) is 0 Å². The summed E-state index contributed by atoms with van der Waals surface area (Å²) in [5.74, 6) is 2.11. The second-order valence-electron chi connectivity index (χ2n) is 9.90. The molecule has 1 saturated carbocycles. The highest BCUT2D eigenvalue weighted by Crippen LogP contribution is 2.36. The van der Waals surface area contributed by atoms with Crippen LogP contribution in [0.15, 0.2) is 49.2 Å². The zero-order valence-electron chi connectivity index (χ0n) is 22.6. The number of hydrogen-bond acceptors (Lipinski definition) is 7. The van der Waals surface area contributed by atoms with Crippen LogP contribution >= 0.6 is 0 Å². The van der Waals surface area contributed by atoms with E-state index >= 15 is 0 Å². The Morgan fingerprint density at radius 3 is 2.63 bits per heavy atom. The van der Waals surface area contributed by atoms with Gasteiger partial charge in [0.25, 0.3) is 0 Å². The maximum absolute atomic E-state index is 12.2. The van der Waals surface area contributed by atoms with Crippen molar-refractivity contribution in [1.29, 1.82) is 0 Å². The fraction of sp³-hybridized carbons (Fsp3) is 0.387. The Kier molecular flexibility index (Phi) is 9.00. The van der Waals surface area contributed by atoms with Gasteiger partial charge in [-0.2, -0.15) is 0 Å². The van der Waals surface area contributed by atoms with Crippen molar-refractivity contribution in [1.82, 2.24) is 15.0 Å². The van der Waals surface area contributed by atoms with E-state index in [4.69, 9.17) is 14.7 Å². The summed E-state index contributed by atoms with van der Waals surface area (Å²) in [6, 6.07) is 11.2. The molecule has 1 aromatic carbocycles. The number of ketones is 1. The Morgan fingerprint density at radius 1 is 1.13 bits per heavy atom. The van der Waals surface area contributed by atoms with Crippen molar-refractivity contribution in [2.45, 2.75) is 59.3 Å². The lowest BCUT2D eigenvalue weighted by atomic mass is 10.0. The fourth-order valence-electron chi connectivity index (χ4n) is 4.45. The van der Waals surface area contributed by atoms with Gasteiger partial charge >= 0.3 is 5.97 Å². The number of ether oxygens (including phenoxy) is 1. The Hall–Kier alpha value is -3.87. The summed E-state index contributed by atoms with van der Waals surface area (Å²) in [7, 11) is 0. The summed E-state index contributed by atoms with van der Waals surface area (Å²) < 4.78 is 5.51. The SMILES string of the molecule is C=Cc1c(-c2cccnc2C)nc(-c2cccc(OC(=O)CCC(C)=O)c2)nc1N(CCC)CCC1CC1. The molecule has 198 valence electrons. The largest absolute Gasteiger partial charge is 0.426 e. The summed E-state index contributed by atoms with van der Waals surface area (Å²) in [5, 5.41) is 0. The lowest BCUT2D eigenvalue weighted by molar-refractivity contribution is -0.135. The van der Waals surface area contributed by atoms with Crippen molar-refractivity contribution in [3.63, 3.8) is 0 Å². The number of aryl methyl sites for hydroxylation is 1. The highest BCUT2D eigenvalue weighted by Gasteiger charge is 2.25. The fourth-order valence-corrected chi connectivity index (χ4v) is 4.45. The molecule has 1 aliphatic rings. The monoisotopic (exact) mass is 512 g/mol. The zero-order chi connectivity index (χ0) is 27.1. The minimum absolute atomic E-state index is 0.0458. The molecule has 1 aliphatic carbocycles. The Bertz CT molecular complexity index is 1320. The molecule has 38 heavy (non-hydrogen) atoms. The molecular formula is C31H36N4O3. The first-order chi connectivity index (χ1) is 18.4. The van der Waals surface area contributed by atoms with E-state index in [2.05, 4.69) is 23.4 Å². The van der Waals surface area contributed by atoms with Gasteiger partial charge in [0.2, 0.25) is 0 Å². The number of Topliss-reactive ketones (excluding diaryl/α,β-unsaturated/α-hetero) is 1. The van der Waals surface area contributed by atoms with Crippen molar-refractivity contribution >= 4 is 23.6 Å². The molecule has 4 rings (SSSR count). The van der Waals surface area contributed by atoms with Crippen molar-refractivity contribution in [2.24, 2.45) is 5.92 Å². The van der Waals surface area contributed by atoms with Gasteiger partial charge in [0.1, 0.15) is 17.4 Å². The first-order valence-electron chi connectivity index (χ1n) is 13.4. The topological polar surface area (TPSA) is 85.3 Å². The summed E-state index contributed by atoms with van der Waals surface area (Å²) >= 11 is 0. The minimum Gasteiger partial charge on any atom is -0.426 e. The Balaban J connectivity index is 1.78. The molecule has 0 N–H and O–H groups in total. The lowest BCUT2D eigenvalue weighted by Gasteiger charge is -2.27. The third kappa shape index (κ3) is 6.91. The van der Waals surface area contributed by atoms with E-state index < -0.39 is 5.97 Å². The van der Waals surface area contributed by atoms with E-state index in [9.17, 15) is 9.59 Å². The van der Waals surface area contributed by atoms with Crippen LogP contribution in [-0.4, -0.2) is 39.8 Å². The van der Waals surface area contributed by atoms with Crippen LogP contribution in [0, 0.1) is 12.8 Å². The number of hydrogen-bond donors (Lipinski definition) is 0. The number of anilines is 1. The molecule has 2 heterocycles. The molecule has 0 radical (unpaired) electrons. The molecular weight excluding hydrogens is 476 g/mol. The van der Waals surface area contributed by atoms with Crippen LogP contribution in [0.1, 0.15) is 63.6 Å². The van der Waals surface area contributed by atoms with Gasteiger partial charge in [0, 0.05) is 48.1 Å². The second-order valence-corrected chi connectivity index (χ2v) is 9.90. The Labute approximate surface area is 225 Å². The number of pyridine rings is 1. The molecule has 0 aliphatic heterocycles. The van der Waals surface area contributed by atoms with Gasteiger partial charge in [-0.25, -0.2) is 9.97 Å². The second kappa shape index (κ2) is 12.6. The number of esters is 1. The highest BCUT2D eigenvalue weighted by atomic mass is 16.5. The number of carbonyl (C=O) groups is 2. The quantitative estimate of drug-likeness (QED) is 0.192. The number of nitrogens with zero attached hydrogens (tertiary/aromatic N) is 4. The van der Waals surface area contributed by atoms with Crippen molar-refractivity contribution in [2.75, 3.05) is 18.0 Å². The molecule has 0 saturated heterocycles. The smallest absolute Gasteiger partial charge is 0.311 e. The van der Waals surface area contributed by atoms with Crippen LogP contribution in [0.5, 0.6) is 5.75 Å². The molecule has 0 spiro atoms. The predicted molar refractivity (Wildman–Crippen MR) is 151 cm³/mol. The van der Waals surface area contributed by atoms with Crippen LogP contribution in [-0.2, 0) is 9.59 Å². The lowest BCUT2D eigenvalue weighted by Crippen LogP contribution is -2.28. The van der Waals surface area contributed by atoms with E-state index in [-0.39, 0.29) is 18.6 Å². The van der Waals surface area contributed by atoms with Crippen LogP contribution in [0.25, 0.3) is 28.7 Å². The summed E-state index contributed by atoms with van der Waals surface area (Å²) in [6.07, 6.45) is 8.58. The maximum Gasteiger partial charge on any atom is 0.311 e. The molecule has 0 unspecified atom stereocenters. The van der Waals surface area contributed by atoms with Gasteiger partial charge in [0.15, 0.2) is 5.82 Å². The summed E-state index contributed by atoms with van der Waals surface area (Å²) in [5.41, 5.74) is 4.21. The van der Waals surface area contributed by atoms with Crippen LogP contribution in [0.3, 0.4) is 0 Å². The zero-order valence-corrected chi connectivity index (χ0v) is 22.6. The molecule has 0 atom stereocenters. The molecule has 0 bridgehead atoms. The van der Waals surface area contributed by atoms with Crippen LogP contribution in [0.4, 0.5) is 5.82 Å². The summed E-state index contributed by atoms with van der Waals surface area (Å²) in [4.78, 5) is 40.4. The number of aromatic nitrogens is 3. The van der Waals surface area contributed by atoms with Crippen molar-refractivity contribution in [3.8, 4) is 28.4 Å². The normalized spacial score (nSPS) is 12.7. The first-order valence-corrected chi connectivity index (χ1v) is 13.4. The molecule has 3 aromatic rings. The van der Waals surface area contributed by atoms with Gasteiger partial charge < -0.3 is 14.4 Å². The van der Waals surface area contributed by atoms with Gasteiger partial charge in [0.05, 0.1) is 12.1 Å². The number of rotatable bonds is 13. The van der Waals surface area contributed by atoms with E-state index in [1.54, 1.807) is 18.3 Å². The van der Waals surface area contributed by atoms with Gasteiger partial charge in [-0.05, 0) is 56.9 Å². The molecule has 7 nitrogen and oxygen atoms in total. The van der Waals surface area contributed by atoms with E-state index in [1.165, 1.54) is 19.8 Å². The van der Waals surface area contributed by atoms with E-state index in [0.717, 1.165) is 65.7 Å². The average molecular weight is 513 g/mol. The number of carbonyl (C=O) groups excluding carboxylic acids is 2. The van der Waals surface area contributed by atoms with E-state index in [1.807, 2.05) is 37.3 Å². The van der Waals surface area contributed by atoms with Crippen molar-refractivity contribution < 1.29 is 14.3 Å². The van der Waals surface area contributed by atoms with Gasteiger partial charge in [-0.3, -0.25) is 9.78 Å². The third-order valence-corrected chi connectivity index (χ3v) is 6.69. The third-order valence-electron chi connectivity index (χ3n) is 6.69. The molecule has 0 amide bonds. The highest BCUT2D eigenvalue weighted by molar-refractivity contribution is 5.83. The van der Waals surface area contributed by atoms with Crippen molar-refractivity contribution in [3.05, 3.63) is 60.4 Å². The maximum atomic E-state index is 12.2. The summed E-state index contributed by atoms with van der Waals surface area (Å²) in [6.45, 7) is 11.5. The van der Waals surface area contributed by atoms with Gasteiger partial charge in [-0.1, -0.05) is 44.6 Å². The molecule has 7 heteroatoms. The first kappa shape index (κ1) is 27.2. The van der Waals surface area contributed by atoms with E-state index in [0.29, 0.717) is 11.6 Å². The van der Waals surface area contributed by atoms with Crippen LogP contribution < -0.4 is 9.64 Å². The Morgan fingerprint density at radius 2 is 1.95 bits per heavy atom. The molecule has 2 aromatic heterocycles. The molecule has 1 fully saturated rings.